The number of rotatable bonds is 3. The minimum absolute atomic E-state index is 0.265. The molecule has 2 saturated carbocycles. The fourth-order valence-corrected chi connectivity index (χ4v) is 4.69. The van der Waals surface area contributed by atoms with Crippen LogP contribution >= 0.6 is 0 Å². The molecule has 1 aromatic rings. The summed E-state index contributed by atoms with van der Waals surface area (Å²) in [4.78, 5) is 0. The first-order valence-corrected chi connectivity index (χ1v) is 9.11. The van der Waals surface area contributed by atoms with Crippen molar-refractivity contribution in [1.29, 1.82) is 0 Å². The third-order valence-corrected chi connectivity index (χ3v) is 6.20. The van der Waals surface area contributed by atoms with E-state index in [9.17, 15) is 8.78 Å². The van der Waals surface area contributed by atoms with E-state index >= 15 is 0 Å². The molecular formula is C20H28F2O. The maximum atomic E-state index is 13.9. The molecule has 0 radical (unpaired) electrons. The summed E-state index contributed by atoms with van der Waals surface area (Å²) in [5.74, 6) is 1.48. The first-order chi connectivity index (χ1) is 11.1. The summed E-state index contributed by atoms with van der Waals surface area (Å²) >= 11 is 0. The van der Waals surface area contributed by atoms with Gasteiger partial charge in [0.05, 0.1) is 7.11 Å². The lowest BCUT2D eigenvalue weighted by Crippen LogP contribution is -2.24. The van der Waals surface area contributed by atoms with E-state index in [0.717, 1.165) is 36.2 Å². The second-order valence-electron chi connectivity index (χ2n) is 7.65. The van der Waals surface area contributed by atoms with Crippen LogP contribution in [0.3, 0.4) is 0 Å². The smallest absolute Gasteiger partial charge is 0.190 e. The van der Waals surface area contributed by atoms with Crippen molar-refractivity contribution in [2.45, 2.75) is 64.2 Å². The number of methoxy groups -OCH3 is 1. The van der Waals surface area contributed by atoms with Crippen LogP contribution in [-0.4, -0.2) is 7.11 Å². The molecule has 2 aliphatic carbocycles. The number of ether oxygens (including phenoxy) is 1. The highest BCUT2D eigenvalue weighted by Gasteiger charge is 2.31. The molecule has 0 bridgehead atoms. The van der Waals surface area contributed by atoms with Gasteiger partial charge in [-0.05, 0) is 79.9 Å². The molecule has 0 saturated heterocycles. The highest BCUT2D eigenvalue weighted by Crippen LogP contribution is 2.44. The summed E-state index contributed by atoms with van der Waals surface area (Å²) in [6, 6.07) is 2.93. The van der Waals surface area contributed by atoms with Gasteiger partial charge in [0.1, 0.15) is 0 Å². The van der Waals surface area contributed by atoms with Gasteiger partial charge in [0.25, 0.3) is 0 Å². The van der Waals surface area contributed by atoms with E-state index in [0.29, 0.717) is 5.92 Å². The minimum atomic E-state index is -0.578. The Morgan fingerprint density at radius 1 is 0.826 bits per heavy atom. The Balaban J connectivity index is 1.61. The van der Waals surface area contributed by atoms with E-state index in [1.54, 1.807) is 0 Å². The molecule has 0 spiro atoms. The van der Waals surface area contributed by atoms with Crippen LogP contribution in [0.25, 0.3) is 0 Å². The SMILES string of the molecule is COc1c(F)cc(C2CCC(C3CCC(C)CC3)CC2)cc1F. The molecule has 1 aromatic carbocycles. The maximum Gasteiger partial charge on any atom is 0.190 e. The zero-order valence-corrected chi connectivity index (χ0v) is 14.3. The van der Waals surface area contributed by atoms with Crippen LogP contribution in [0, 0.1) is 29.4 Å². The van der Waals surface area contributed by atoms with E-state index in [1.165, 1.54) is 57.8 Å². The van der Waals surface area contributed by atoms with Crippen LogP contribution in [0.15, 0.2) is 12.1 Å². The van der Waals surface area contributed by atoms with Crippen molar-refractivity contribution >= 4 is 0 Å². The van der Waals surface area contributed by atoms with Crippen molar-refractivity contribution < 1.29 is 13.5 Å². The first-order valence-electron chi connectivity index (χ1n) is 9.11. The van der Waals surface area contributed by atoms with Gasteiger partial charge in [-0.25, -0.2) is 8.78 Å². The number of hydrogen-bond donors (Lipinski definition) is 0. The Bertz CT molecular complexity index is 503. The van der Waals surface area contributed by atoms with Crippen LogP contribution in [0.4, 0.5) is 8.78 Å². The highest BCUT2D eigenvalue weighted by atomic mass is 19.1. The van der Waals surface area contributed by atoms with Gasteiger partial charge in [0, 0.05) is 0 Å². The van der Waals surface area contributed by atoms with Crippen molar-refractivity contribution in [1.82, 2.24) is 0 Å². The molecule has 0 amide bonds. The summed E-state index contributed by atoms with van der Waals surface area (Å²) in [5.41, 5.74) is 0.802. The van der Waals surface area contributed by atoms with Crippen LogP contribution in [0.1, 0.15) is 69.8 Å². The molecule has 0 unspecified atom stereocenters. The van der Waals surface area contributed by atoms with E-state index in [-0.39, 0.29) is 5.75 Å². The van der Waals surface area contributed by atoms with Gasteiger partial charge in [0.2, 0.25) is 0 Å². The third-order valence-electron chi connectivity index (χ3n) is 6.20. The van der Waals surface area contributed by atoms with Gasteiger partial charge in [-0.15, -0.1) is 0 Å². The lowest BCUT2D eigenvalue weighted by molar-refractivity contribution is 0.165. The summed E-state index contributed by atoms with van der Waals surface area (Å²) in [6.45, 7) is 2.36. The third kappa shape index (κ3) is 3.70. The summed E-state index contributed by atoms with van der Waals surface area (Å²) in [5, 5.41) is 0. The largest absolute Gasteiger partial charge is 0.491 e. The van der Waals surface area contributed by atoms with E-state index in [2.05, 4.69) is 6.92 Å². The number of hydrogen-bond acceptors (Lipinski definition) is 1. The summed E-state index contributed by atoms with van der Waals surface area (Å²) < 4.78 is 32.6. The standard InChI is InChI=1S/C20H28F2O/c1-13-3-5-14(6-4-13)15-7-9-16(10-8-15)17-11-18(21)20(23-2)19(22)12-17/h11-16H,3-10H2,1-2H3. The number of benzene rings is 1. The van der Waals surface area contributed by atoms with Crippen LogP contribution in [-0.2, 0) is 0 Å². The van der Waals surface area contributed by atoms with Gasteiger partial charge < -0.3 is 4.74 Å². The molecule has 23 heavy (non-hydrogen) atoms. The predicted octanol–water partition coefficient (Wildman–Crippen LogP) is 6.07. The highest BCUT2D eigenvalue weighted by molar-refractivity contribution is 5.33. The second-order valence-corrected chi connectivity index (χ2v) is 7.65. The molecule has 0 aromatic heterocycles. The van der Waals surface area contributed by atoms with Crippen molar-refractivity contribution in [2.24, 2.45) is 17.8 Å². The van der Waals surface area contributed by atoms with Crippen LogP contribution < -0.4 is 4.74 Å². The first kappa shape index (κ1) is 16.7. The topological polar surface area (TPSA) is 9.23 Å². The Hall–Kier alpha value is -1.12. The predicted molar refractivity (Wildman–Crippen MR) is 88.7 cm³/mol. The number of halogens is 2. The maximum absolute atomic E-state index is 13.9. The molecule has 0 aliphatic heterocycles. The van der Waals surface area contributed by atoms with Gasteiger partial charge in [-0.3, -0.25) is 0 Å². The molecule has 3 rings (SSSR count). The van der Waals surface area contributed by atoms with Crippen LogP contribution in [0.2, 0.25) is 0 Å². The molecule has 0 atom stereocenters. The second kappa shape index (κ2) is 7.19. The molecule has 2 aliphatic rings. The molecule has 128 valence electrons. The van der Waals surface area contributed by atoms with Gasteiger partial charge in [0.15, 0.2) is 17.4 Å². The Morgan fingerprint density at radius 2 is 1.30 bits per heavy atom. The van der Waals surface area contributed by atoms with Gasteiger partial charge >= 0.3 is 0 Å². The fraction of sp³-hybridized carbons (Fsp3) is 0.700. The average Bonchev–Trinajstić information content (AvgIpc) is 2.55. The molecule has 0 heterocycles. The average molecular weight is 322 g/mol. The lowest BCUT2D eigenvalue weighted by Gasteiger charge is -2.37. The minimum Gasteiger partial charge on any atom is -0.491 e. The molecule has 1 nitrogen and oxygen atoms in total. The molecular weight excluding hydrogens is 294 g/mol. The summed E-state index contributed by atoms with van der Waals surface area (Å²) in [7, 11) is 1.30. The van der Waals surface area contributed by atoms with Gasteiger partial charge in [-0.1, -0.05) is 19.8 Å². The molecule has 0 N–H and O–H groups in total. The zero-order valence-electron chi connectivity index (χ0n) is 14.3. The zero-order chi connectivity index (χ0) is 16.4. The Labute approximate surface area is 138 Å². The quantitative estimate of drug-likeness (QED) is 0.656. The van der Waals surface area contributed by atoms with Crippen molar-refractivity contribution in [3.8, 4) is 5.75 Å². The summed E-state index contributed by atoms with van der Waals surface area (Å²) in [6.07, 6.45) is 10.0. The van der Waals surface area contributed by atoms with E-state index in [4.69, 9.17) is 4.74 Å². The molecule has 2 fully saturated rings. The Kier molecular flexibility index (Phi) is 5.23. The normalized spacial score (nSPS) is 31.8. The van der Waals surface area contributed by atoms with E-state index < -0.39 is 11.6 Å². The van der Waals surface area contributed by atoms with Crippen molar-refractivity contribution in [2.75, 3.05) is 7.11 Å². The van der Waals surface area contributed by atoms with Crippen molar-refractivity contribution in [3.05, 3.63) is 29.3 Å². The van der Waals surface area contributed by atoms with Crippen molar-refractivity contribution in [3.63, 3.8) is 0 Å². The lowest BCUT2D eigenvalue weighted by atomic mass is 9.68. The fourth-order valence-electron chi connectivity index (χ4n) is 4.69. The Morgan fingerprint density at radius 3 is 1.78 bits per heavy atom. The monoisotopic (exact) mass is 322 g/mol. The van der Waals surface area contributed by atoms with Crippen LogP contribution in [0.5, 0.6) is 5.75 Å². The molecule has 3 heteroatoms. The van der Waals surface area contributed by atoms with E-state index in [1.807, 2.05) is 0 Å². The van der Waals surface area contributed by atoms with Gasteiger partial charge in [-0.2, -0.15) is 0 Å².